The van der Waals surface area contributed by atoms with Gasteiger partial charge in [0, 0.05) is 5.69 Å². The third-order valence-electron chi connectivity index (χ3n) is 3.72. The van der Waals surface area contributed by atoms with Gasteiger partial charge in [-0.05, 0) is 39.0 Å². The number of carbonyl (C=O) groups is 1. The van der Waals surface area contributed by atoms with Gasteiger partial charge in [0.2, 0.25) is 5.91 Å². The lowest BCUT2D eigenvalue weighted by atomic mass is 9.87. The summed E-state index contributed by atoms with van der Waals surface area (Å²) in [5.74, 6) is -0.145. The summed E-state index contributed by atoms with van der Waals surface area (Å²) >= 11 is 5.99. The molecule has 0 aromatic heterocycles. The maximum absolute atomic E-state index is 12.4. The van der Waals surface area contributed by atoms with E-state index < -0.39 is 11.5 Å². The summed E-state index contributed by atoms with van der Waals surface area (Å²) in [6.45, 7) is 5.24. The molecular formula is C14H15ClN2O2. The van der Waals surface area contributed by atoms with Gasteiger partial charge in [0.25, 0.3) is 0 Å². The first-order valence-electron chi connectivity index (χ1n) is 6.02. The van der Waals surface area contributed by atoms with Gasteiger partial charge < -0.3 is 10.0 Å². The maximum atomic E-state index is 12.4. The zero-order valence-corrected chi connectivity index (χ0v) is 11.8. The fourth-order valence-electron chi connectivity index (χ4n) is 2.46. The highest BCUT2D eigenvalue weighted by Crippen LogP contribution is 2.39. The second kappa shape index (κ2) is 4.52. The fraction of sp³-hybridized carbons (Fsp3) is 0.429. The Morgan fingerprint density at radius 1 is 1.47 bits per heavy atom. The molecule has 1 aromatic carbocycles. The van der Waals surface area contributed by atoms with E-state index in [0.717, 1.165) is 0 Å². The number of rotatable bonds is 1. The van der Waals surface area contributed by atoms with Crippen molar-refractivity contribution >= 4 is 23.2 Å². The van der Waals surface area contributed by atoms with E-state index in [4.69, 9.17) is 16.9 Å². The summed E-state index contributed by atoms with van der Waals surface area (Å²) < 4.78 is 0. The molecule has 0 bridgehead atoms. The standard InChI is InChI=1S/C14H15ClN2O2/c1-8-12(18)14(2,3)13(19)17(8)10-5-4-9(7-16)11(15)6-10/h4-6,8,12,18H,1-3H3/t8-,12+/m1/s1. The molecule has 4 nitrogen and oxygen atoms in total. The average molecular weight is 279 g/mol. The zero-order chi connectivity index (χ0) is 14.4. The van der Waals surface area contributed by atoms with Crippen LogP contribution in [-0.4, -0.2) is 23.2 Å². The average Bonchev–Trinajstić information content (AvgIpc) is 2.51. The molecule has 1 N–H and O–H groups in total. The van der Waals surface area contributed by atoms with Crippen LogP contribution in [0.1, 0.15) is 26.3 Å². The minimum Gasteiger partial charge on any atom is -0.390 e. The van der Waals surface area contributed by atoms with Gasteiger partial charge in [-0.3, -0.25) is 4.79 Å². The van der Waals surface area contributed by atoms with Crippen molar-refractivity contribution in [3.63, 3.8) is 0 Å². The van der Waals surface area contributed by atoms with E-state index in [1.54, 1.807) is 39.0 Å². The van der Waals surface area contributed by atoms with E-state index in [1.165, 1.54) is 4.90 Å². The lowest BCUT2D eigenvalue weighted by molar-refractivity contribution is -0.126. The summed E-state index contributed by atoms with van der Waals surface area (Å²) in [6.07, 6.45) is -0.741. The SMILES string of the molecule is C[C@@H]1[C@H](O)C(C)(C)C(=O)N1c1ccc(C#N)c(Cl)c1. The molecule has 100 valence electrons. The maximum Gasteiger partial charge on any atom is 0.235 e. The number of benzene rings is 1. The van der Waals surface area contributed by atoms with Crippen molar-refractivity contribution in [3.05, 3.63) is 28.8 Å². The molecule has 1 fully saturated rings. The predicted molar refractivity (Wildman–Crippen MR) is 72.9 cm³/mol. The van der Waals surface area contributed by atoms with Crippen LogP contribution in [0.3, 0.4) is 0 Å². The first kappa shape index (κ1) is 13.9. The topological polar surface area (TPSA) is 64.3 Å². The highest BCUT2D eigenvalue weighted by molar-refractivity contribution is 6.32. The number of halogens is 1. The minimum atomic E-state index is -0.820. The van der Waals surface area contributed by atoms with Crippen molar-refractivity contribution in [2.24, 2.45) is 5.41 Å². The molecule has 0 unspecified atom stereocenters. The van der Waals surface area contributed by atoms with E-state index in [9.17, 15) is 9.90 Å². The molecule has 5 heteroatoms. The Morgan fingerprint density at radius 2 is 2.11 bits per heavy atom. The molecule has 1 aliphatic rings. The van der Waals surface area contributed by atoms with Crippen LogP contribution in [-0.2, 0) is 4.79 Å². The van der Waals surface area contributed by atoms with Gasteiger partial charge in [-0.2, -0.15) is 5.26 Å². The van der Waals surface area contributed by atoms with Crippen molar-refractivity contribution in [3.8, 4) is 6.07 Å². The minimum absolute atomic E-state index is 0.145. The Hall–Kier alpha value is -1.57. The van der Waals surface area contributed by atoms with Gasteiger partial charge in [-0.15, -0.1) is 0 Å². The zero-order valence-electron chi connectivity index (χ0n) is 11.0. The number of nitriles is 1. The van der Waals surface area contributed by atoms with E-state index in [0.29, 0.717) is 16.3 Å². The molecular weight excluding hydrogens is 264 g/mol. The Kier molecular flexibility index (Phi) is 3.29. The van der Waals surface area contributed by atoms with Crippen LogP contribution in [0.5, 0.6) is 0 Å². The number of anilines is 1. The molecule has 0 aliphatic carbocycles. The molecule has 19 heavy (non-hydrogen) atoms. The summed E-state index contributed by atoms with van der Waals surface area (Å²) in [4.78, 5) is 13.9. The lowest BCUT2D eigenvalue weighted by Crippen LogP contribution is -2.34. The number of hydrogen-bond donors (Lipinski definition) is 1. The van der Waals surface area contributed by atoms with Crippen molar-refractivity contribution < 1.29 is 9.90 Å². The summed E-state index contributed by atoms with van der Waals surface area (Å²) in [5.41, 5.74) is 0.149. The van der Waals surface area contributed by atoms with Gasteiger partial charge in [0.05, 0.1) is 28.1 Å². The van der Waals surface area contributed by atoms with Gasteiger partial charge in [0.1, 0.15) is 6.07 Å². The number of carbonyl (C=O) groups excluding carboxylic acids is 1. The summed E-state index contributed by atoms with van der Waals surface area (Å²) in [5, 5.41) is 19.3. The van der Waals surface area contributed by atoms with Crippen molar-refractivity contribution in [2.45, 2.75) is 32.9 Å². The third-order valence-corrected chi connectivity index (χ3v) is 4.04. The van der Waals surface area contributed by atoms with Crippen molar-refractivity contribution in [2.75, 3.05) is 4.90 Å². The molecule has 0 spiro atoms. The molecule has 2 rings (SSSR count). The lowest BCUT2D eigenvalue weighted by Gasteiger charge is -2.23. The molecule has 1 amide bonds. The first-order valence-corrected chi connectivity index (χ1v) is 6.40. The molecule has 1 saturated heterocycles. The van der Waals surface area contributed by atoms with E-state index >= 15 is 0 Å². The second-order valence-electron chi connectivity index (χ2n) is 5.36. The highest BCUT2D eigenvalue weighted by Gasteiger charge is 2.51. The number of nitrogens with zero attached hydrogens (tertiary/aromatic N) is 2. The summed E-state index contributed by atoms with van der Waals surface area (Å²) in [6, 6.07) is 6.49. The van der Waals surface area contributed by atoms with Crippen molar-refractivity contribution in [1.29, 1.82) is 5.26 Å². The van der Waals surface area contributed by atoms with Crippen LogP contribution in [0.2, 0.25) is 5.02 Å². The van der Waals surface area contributed by atoms with Crippen LogP contribution < -0.4 is 4.90 Å². The normalized spacial score (nSPS) is 25.5. The molecule has 0 radical (unpaired) electrons. The smallest absolute Gasteiger partial charge is 0.235 e. The molecule has 2 atom stereocenters. The Labute approximate surface area is 117 Å². The van der Waals surface area contributed by atoms with Crippen LogP contribution in [0, 0.1) is 16.7 Å². The first-order chi connectivity index (χ1) is 8.80. The van der Waals surface area contributed by atoms with Crippen molar-refractivity contribution in [1.82, 2.24) is 0 Å². The monoisotopic (exact) mass is 278 g/mol. The number of hydrogen-bond acceptors (Lipinski definition) is 3. The van der Waals surface area contributed by atoms with Crippen LogP contribution in [0.15, 0.2) is 18.2 Å². The Bertz CT molecular complexity index is 577. The van der Waals surface area contributed by atoms with Gasteiger partial charge in [-0.1, -0.05) is 11.6 Å². The number of amides is 1. The fourth-order valence-corrected chi connectivity index (χ4v) is 2.68. The molecule has 0 saturated carbocycles. The Balaban J connectivity index is 2.46. The highest BCUT2D eigenvalue weighted by atomic mass is 35.5. The van der Waals surface area contributed by atoms with Crippen LogP contribution in [0.25, 0.3) is 0 Å². The molecule has 1 aromatic rings. The van der Waals surface area contributed by atoms with Crippen LogP contribution >= 0.6 is 11.6 Å². The number of aliphatic hydroxyl groups is 1. The van der Waals surface area contributed by atoms with Gasteiger partial charge in [-0.25, -0.2) is 0 Å². The molecule has 1 heterocycles. The van der Waals surface area contributed by atoms with E-state index in [2.05, 4.69) is 0 Å². The summed E-state index contributed by atoms with van der Waals surface area (Å²) in [7, 11) is 0. The Morgan fingerprint density at radius 3 is 2.53 bits per heavy atom. The number of aliphatic hydroxyl groups excluding tert-OH is 1. The van der Waals surface area contributed by atoms with Gasteiger partial charge >= 0.3 is 0 Å². The largest absolute Gasteiger partial charge is 0.390 e. The van der Waals surface area contributed by atoms with E-state index in [-0.39, 0.29) is 11.9 Å². The second-order valence-corrected chi connectivity index (χ2v) is 5.77. The predicted octanol–water partition coefficient (Wildman–Crippen LogP) is 2.33. The molecule has 1 aliphatic heterocycles. The van der Waals surface area contributed by atoms with Gasteiger partial charge in [0.15, 0.2) is 0 Å². The van der Waals surface area contributed by atoms with E-state index in [1.807, 2.05) is 6.07 Å². The third kappa shape index (κ3) is 1.99. The quantitative estimate of drug-likeness (QED) is 0.857. The van der Waals surface area contributed by atoms with Crippen LogP contribution in [0.4, 0.5) is 5.69 Å².